The van der Waals surface area contributed by atoms with Gasteiger partial charge in [-0.05, 0) is 55.3 Å². The topological polar surface area (TPSA) is 121 Å². The van der Waals surface area contributed by atoms with Gasteiger partial charge >= 0.3 is 5.97 Å². The molecular weight excluding hydrogens is 423 g/mol. The number of nitrogens with zero attached hydrogens (tertiary/aromatic N) is 1. The Hall–Kier alpha value is -2.75. The van der Waals surface area contributed by atoms with Crippen LogP contribution >= 0.6 is 0 Å². The molecule has 0 amide bonds. The molecule has 166 valence electrons. The van der Waals surface area contributed by atoms with Gasteiger partial charge in [0.05, 0.1) is 16.5 Å². The number of carbonyl (C=O) groups is 1. The lowest BCUT2D eigenvalue weighted by Gasteiger charge is -2.41. The fourth-order valence-corrected chi connectivity index (χ4v) is 4.68. The van der Waals surface area contributed by atoms with Gasteiger partial charge in [0, 0.05) is 30.2 Å². The fourth-order valence-electron chi connectivity index (χ4n) is 4.05. The highest BCUT2D eigenvalue weighted by Crippen LogP contribution is 2.45. The van der Waals surface area contributed by atoms with Gasteiger partial charge in [-0.1, -0.05) is 18.2 Å². The predicted molar refractivity (Wildman–Crippen MR) is 115 cm³/mol. The van der Waals surface area contributed by atoms with Crippen molar-refractivity contribution in [3.05, 3.63) is 66.0 Å². The van der Waals surface area contributed by atoms with Crippen LogP contribution in [0.5, 0.6) is 0 Å². The van der Waals surface area contributed by atoms with E-state index >= 15 is 0 Å². The number of hydrogen-bond donors (Lipinski definition) is 3. The van der Waals surface area contributed by atoms with Crippen LogP contribution < -0.4 is 10.6 Å². The van der Waals surface area contributed by atoms with Crippen molar-refractivity contribution in [1.29, 1.82) is 0 Å². The molecule has 0 bridgehead atoms. The molecule has 0 radical (unpaired) electrons. The number of carboxylic acid groups (broad SMARTS) is 1. The van der Waals surface area contributed by atoms with Crippen LogP contribution in [-0.2, 0) is 14.6 Å². The molecule has 1 unspecified atom stereocenters. The van der Waals surface area contributed by atoms with Crippen LogP contribution in [-0.4, -0.2) is 43.1 Å². The summed E-state index contributed by atoms with van der Waals surface area (Å²) in [6.45, 7) is 1.37. The van der Waals surface area contributed by atoms with Crippen molar-refractivity contribution < 1.29 is 27.8 Å². The first-order valence-corrected chi connectivity index (χ1v) is 11.6. The van der Waals surface area contributed by atoms with Gasteiger partial charge in [0.2, 0.25) is 0 Å². The fraction of sp³-hybridized carbons (Fsp3) is 0.318. The molecule has 1 aliphatic heterocycles. The highest BCUT2D eigenvalue weighted by atomic mass is 32.2. The monoisotopic (exact) mass is 448 g/mol. The minimum Gasteiger partial charge on any atom is -0.481 e. The van der Waals surface area contributed by atoms with E-state index in [2.05, 4.69) is 0 Å². The van der Waals surface area contributed by atoms with Crippen molar-refractivity contribution in [2.75, 3.05) is 17.8 Å². The Morgan fingerprint density at radius 3 is 2.26 bits per heavy atom. The Balaban J connectivity index is 2.16. The van der Waals surface area contributed by atoms with Crippen molar-refractivity contribution >= 4 is 27.2 Å². The highest BCUT2D eigenvalue weighted by Gasteiger charge is 2.48. The molecule has 4 N–H and O–H groups in total. The molecule has 0 fully saturated rings. The summed E-state index contributed by atoms with van der Waals surface area (Å²) < 4.78 is 37.1. The number of aliphatic carboxylic acids is 1. The van der Waals surface area contributed by atoms with Crippen LogP contribution in [0, 0.1) is 17.7 Å². The highest BCUT2D eigenvalue weighted by molar-refractivity contribution is 7.90. The first kappa shape index (κ1) is 22.9. The summed E-state index contributed by atoms with van der Waals surface area (Å²) in [6, 6.07) is 11.8. The lowest BCUT2D eigenvalue weighted by atomic mass is 9.82. The number of aliphatic hydroxyl groups excluding tert-OH is 1. The number of aliphatic hydroxyl groups is 1. The van der Waals surface area contributed by atoms with Crippen molar-refractivity contribution in [3.63, 3.8) is 0 Å². The summed E-state index contributed by atoms with van der Waals surface area (Å²) in [7, 11) is -3.38. The first-order chi connectivity index (χ1) is 14.5. The summed E-state index contributed by atoms with van der Waals surface area (Å²) in [5, 5.41) is 19.1. The van der Waals surface area contributed by atoms with Crippen molar-refractivity contribution in [1.82, 2.24) is 0 Å². The number of carboxylic acids is 1. The van der Waals surface area contributed by atoms with E-state index in [1.165, 1.54) is 24.3 Å². The molecule has 9 heteroatoms. The molecule has 7 nitrogen and oxygen atoms in total. The minimum absolute atomic E-state index is 0.0147. The number of benzene rings is 2. The van der Waals surface area contributed by atoms with Crippen molar-refractivity contribution in [2.24, 2.45) is 17.6 Å². The van der Waals surface area contributed by atoms with Crippen LogP contribution in [0.3, 0.4) is 0 Å². The lowest BCUT2D eigenvalue weighted by molar-refractivity contribution is -0.144. The third-order valence-corrected chi connectivity index (χ3v) is 6.72. The van der Waals surface area contributed by atoms with E-state index in [1.807, 2.05) is 0 Å². The summed E-state index contributed by atoms with van der Waals surface area (Å²) in [6.07, 6.45) is 2.86. The molecule has 0 saturated carbocycles. The number of hydrogen-bond acceptors (Lipinski definition) is 6. The van der Waals surface area contributed by atoms with E-state index in [0.29, 0.717) is 16.9 Å². The second-order valence-corrected chi connectivity index (χ2v) is 9.88. The Morgan fingerprint density at radius 2 is 1.77 bits per heavy atom. The van der Waals surface area contributed by atoms with Crippen LogP contribution in [0.15, 0.2) is 59.5 Å². The average molecular weight is 449 g/mol. The SMILES string of the molecule is C[C@@]1(N)C([C@@H](CCO)C(=O)O)C=C(c2ccc(S(C)(=O)=O)cc2)N1c1ccc(F)cc1. The third kappa shape index (κ3) is 4.48. The predicted octanol–water partition coefficient (Wildman–Crippen LogP) is 2.46. The largest absolute Gasteiger partial charge is 0.481 e. The molecule has 3 atom stereocenters. The van der Waals surface area contributed by atoms with Gasteiger partial charge in [-0.2, -0.15) is 0 Å². The Morgan fingerprint density at radius 1 is 1.19 bits per heavy atom. The van der Waals surface area contributed by atoms with E-state index in [4.69, 9.17) is 5.73 Å². The quantitative estimate of drug-likeness (QED) is 0.595. The maximum atomic E-state index is 13.5. The van der Waals surface area contributed by atoms with Crippen molar-refractivity contribution in [2.45, 2.75) is 23.9 Å². The van der Waals surface area contributed by atoms with Gasteiger partial charge in [-0.15, -0.1) is 0 Å². The van der Waals surface area contributed by atoms with Crippen LogP contribution in [0.2, 0.25) is 0 Å². The van der Waals surface area contributed by atoms with E-state index < -0.39 is 39.1 Å². The number of halogens is 1. The van der Waals surface area contributed by atoms with E-state index in [0.717, 1.165) is 6.26 Å². The summed E-state index contributed by atoms with van der Waals surface area (Å²) in [5.41, 5.74) is 7.22. The standard InChI is InChI=1S/C22H25FN2O5S/c1-22(24)19(18(11-12-26)21(27)28)13-20(25(22)16-7-5-15(23)6-8-16)14-3-9-17(10-4-14)31(2,29)30/h3-10,13,18-19,26H,11-12,24H2,1-2H3,(H,27,28)/t18-,19?,22+/m1/s1. The van der Waals surface area contributed by atoms with Crippen LogP contribution in [0.4, 0.5) is 10.1 Å². The van der Waals surface area contributed by atoms with Gasteiger partial charge in [0.15, 0.2) is 9.84 Å². The van der Waals surface area contributed by atoms with Crippen LogP contribution in [0.25, 0.3) is 5.70 Å². The summed E-state index contributed by atoms with van der Waals surface area (Å²) in [4.78, 5) is 13.8. The molecule has 1 aliphatic rings. The average Bonchev–Trinajstić information content (AvgIpc) is 2.97. The zero-order valence-electron chi connectivity index (χ0n) is 17.2. The van der Waals surface area contributed by atoms with Gasteiger partial charge < -0.3 is 20.8 Å². The first-order valence-electron chi connectivity index (χ1n) is 9.67. The lowest BCUT2D eigenvalue weighted by Crippen LogP contribution is -2.56. The zero-order valence-corrected chi connectivity index (χ0v) is 18.0. The van der Waals surface area contributed by atoms with Crippen LogP contribution in [0.1, 0.15) is 18.9 Å². The van der Waals surface area contributed by atoms with Gasteiger partial charge in [-0.25, -0.2) is 12.8 Å². The molecule has 3 rings (SSSR count). The molecule has 2 aromatic rings. The Bertz CT molecular complexity index is 1100. The number of rotatable bonds is 7. The molecule has 0 aromatic heterocycles. The van der Waals surface area contributed by atoms with E-state index in [1.54, 1.807) is 42.2 Å². The number of sulfone groups is 1. The molecular formula is C22H25FN2O5S. The zero-order chi connectivity index (χ0) is 23.0. The third-order valence-electron chi connectivity index (χ3n) is 5.59. The molecule has 0 saturated heterocycles. The minimum atomic E-state index is -3.38. The van der Waals surface area contributed by atoms with Gasteiger partial charge in [-0.3, -0.25) is 4.79 Å². The van der Waals surface area contributed by atoms with Gasteiger partial charge in [0.1, 0.15) is 5.82 Å². The molecule has 0 aliphatic carbocycles. The Kier molecular flexibility index (Phi) is 6.22. The number of nitrogens with two attached hydrogens (primary N) is 1. The second-order valence-electron chi connectivity index (χ2n) is 7.87. The van der Waals surface area contributed by atoms with E-state index in [-0.39, 0.29) is 17.9 Å². The summed E-state index contributed by atoms with van der Waals surface area (Å²) >= 11 is 0. The molecule has 1 heterocycles. The van der Waals surface area contributed by atoms with Crippen molar-refractivity contribution in [3.8, 4) is 0 Å². The smallest absolute Gasteiger partial charge is 0.307 e. The molecule has 31 heavy (non-hydrogen) atoms. The maximum absolute atomic E-state index is 13.5. The van der Waals surface area contributed by atoms with Gasteiger partial charge in [0.25, 0.3) is 0 Å². The maximum Gasteiger partial charge on any atom is 0.307 e. The number of anilines is 1. The normalized spacial score (nSPS) is 22.3. The summed E-state index contributed by atoms with van der Waals surface area (Å²) in [5.74, 6) is -3.13. The Labute approximate surface area is 180 Å². The molecule has 2 aromatic carbocycles. The second kappa shape index (κ2) is 8.41. The molecule has 0 spiro atoms. The van der Waals surface area contributed by atoms with E-state index in [9.17, 15) is 27.8 Å².